The Bertz CT molecular complexity index is 3.25. The van der Waals surface area contributed by atoms with Gasteiger partial charge in [0, 0.05) is 115 Å². The largest absolute Gasteiger partial charge is 0 e. The summed E-state index contributed by atoms with van der Waals surface area (Å²) in [5.41, 5.74) is 0. The first-order valence-electron chi connectivity index (χ1n) is 0. The van der Waals surface area contributed by atoms with E-state index in [1.165, 1.54) is 0 Å². The van der Waals surface area contributed by atoms with E-state index < -0.39 is 0 Å². The first-order valence-corrected chi connectivity index (χ1v) is 0. The van der Waals surface area contributed by atoms with Crippen molar-refractivity contribution in [1.29, 1.82) is 0 Å². The molecular weight excluding hydrogens is 319 g/mol. The van der Waals surface area contributed by atoms with Gasteiger partial charge in [0.1, 0.15) is 0 Å². The van der Waals surface area contributed by atoms with Crippen LogP contribution >= 0.6 is 0 Å². The van der Waals surface area contributed by atoms with Crippen molar-refractivity contribution in [1.82, 2.24) is 0 Å². The average Bonchev–Trinajstić information content (AvgIpc) is 0. The summed E-state index contributed by atoms with van der Waals surface area (Å²) in [5.74, 6) is 0. The van der Waals surface area contributed by atoms with E-state index in [1.807, 2.05) is 0 Å². The summed E-state index contributed by atoms with van der Waals surface area (Å²) < 4.78 is 0. The molecular formula is CrY3. The summed E-state index contributed by atoms with van der Waals surface area (Å²) in [6, 6.07) is 0. The van der Waals surface area contributed by atoms with E-state index >= 15 is 0 Å². The van der Waals surface area contributed by atoms with Gasteiger partial charge in [0.25, 0.3) is 0 Å². The fraction of sp³-hybridized carbons (Fsp3) is 0. The van der Waals surface area contributed by atoms with Crippen molar-refractivity contribution in [3.63, 3.8) is 0 Å². The molecule has 0 heterocycles. The van der Waals surface area contributed by atoms with E-state index in [-0.39, 0.29) is 115 Å². The maximum atomic E-state index is 0. The van der Waals surface area contributed by atoms with Crippen LogP contribution in [0.2, 0.25) is 0 Å². The molecule has 0 saturated carbocycles. The number of hydrogen-bond acceptors (Lipinski definition) is 0. The Hall–Kier alpha value is 3.84. The molecule has 0 aliphatic heterocycles. The minimum absolute atomic E-state index is 0. The molecule has 0 aliphatic carbocycles. The van der Waals surface area contributed by atoms with E-state index in [9.17, 15) is 0 Å². The van der Waals surface area contributed by atoms with E-state index in [1.54, 1.807) is 0 Å². The van der Waals surface area contributed by atoms with Crippen LogP contribution in [0, 0.1) is 0 Å². The van der Waals surface area contributed by atoms with Crippen molar-refractivity contribution in [2.45, 2.75) is 0 Å². The predicted octanol–water partition coefficient (Wildman–Crippen LogP) is -0.0100. The van der Waals surface area contributed by atoms with Gasteiger partial charge in [-0.2, -0.15) is 0 Å². The zero-order valence-corrected chi connectivity index (χ0v) is 11.9. The topological polar surface area (TPSA) is 0 Å². The van der Waals surface area contributed by atoms with Gasteiger partial charge in [0.2, 0.25) is 0 Å². The summed E-state index contributed by atoms with van der Waals surface area (Å²) >= 11 is 0. The molecule has 0 spiro atoms. The third-order valence-corrected chi connectivity index (χ3v) is 0. The zero-order chi connectivity index (χ0) is 0. The molecule has 0 rings (SSSR count). The van der Waals surface area contributed by atoms with Crippen LogP contribution in [0.4, 0.5) is 0 Å². The molecule has 4 heavy (non-hydrogen) atoms. The molecule has 0 nitrogen and oxygen atoms in total. The van der Waals surface area contributed by atoms with Gasteiger partial charge >= 0.3 is 0 Å². The van der Waals surface area contributed by atoms with E-state index in [0.717, 1.165) is 0 Å². The molecule has 15 valence electrons. The van der Waals surface area contributed by atoms with Crippen molar-refractivity contribution in [3.05, 3.63) is 0 Å². The maximum Gasteiger partial charge on any atom is 0 e. The predicted molar refractivity (Wildman–Crippen MR) is 0 cm³/mol. The van der Waals surface area contributed by atoms with E-state index in [4.69, 9.17) is 0 Å². The Kier molecular flexibility index (Phi) is 98.3. The Morgan fingerprint density at radius 1 is 0.500 bits per heavy atom. The van der Waals surface area contributed by atoms with Gasteiger partial charge < -0.3 is 0 Å². The normalized spacial score (nSPS) is 0. The molecule has 3 radical (unpaired) electrons. The number of rotatable bonds is 0. The number of hydrogen-bond donors (Lipinski definition) is 0. The van der Waals surface area contributed by atoms with Gasteiger partial charge in [-0.25, -0.2) is 0 Å². The summed E-state index contributed by atoms with van der Waals surface area (Å²) in [7, 11) is 0. The maximum absolute atomic E-state index is 0. The molecule has 0 saturated heterocycles. The third kappa shape index (κ3) is 9.28. The molecule has 0 N–H and O–H groups in total. The van der Waals surface area contributed by atoms with Crippen molar-refractivity contribution in [3.8, 4) is 0 Å². The van der Waals surface area contributed by atoms with Crippen LogP contribution in [0.5, 0.6) is 0 Å². The first kappa shape index (κ1) is 24.9. The molecule has 4 heteroatoms. The molecule has 0 bridgehead atoms. The SMILES string of the molecule is [Cr].[Y].[Y].[Y]. The van der Waals surface area contributed by atoms with Crippen LogP contribution in [-0.4, -0.2) is 0 Å². The molecule has 0 fully saturated rings. The summed E-state index contributed by atoms with van der Waals surface area (Å²) in [4.78, 5) is 0. The van der Waals surface area contributed by atoms with Gasteiger partial charge in [-0.1, -0.05) is 0 Å². The van der Waals surface area contributed by atoms with Crippen molar-refractivity contribution in [2.24, 2.45) is 0 Å². The zero-order valence-electron chi connectivity index (χ0n) is 2.14. The Labute approximate surface area is 112 Å². The molecule has 0 aromatic carbocycles. The van der Waals surface area contributed by atoms with Crippen LogP contribution < -0.4 is 0 Å². The van der Waals surface area contributed by atoms with Crippen molar-refractivity contribution in [2.75, 3.05) is 0 Å². The molecule has 0 atom stereocenters. The van der Waals surface area contributed by atoms with Crippen LogP contribution in [0.25, 0.3) is 0 Å². The smallest absolute Gasteiger partial charge is 0 e. The average molecular weight is 319 g/mol. The second kappa shape index (κ2) is 15.8. The van der Waals surface area contributed by atoms with Crippen molar-refractivity contribution < 1.29 is 115 Å². The molecule has 0 amide bonds. The fourth-order valence-corrected chi connectivity index (χ4v) is 0. The molecule has 0 unspecified atom stereocenters. The Balaban J connectivity index is 0. The fourth-order valence-electron chi connectivity index (χ4n) is 0. The first-order chi connectivity index (χ1) is 0. The van der Waals surface area contributed by atoms with Gasteiger partial charge in [0.05, 0.1) is 0 Å². The quantitative estimate of drug-likeness (QED) is 0.589. The van der Waals surface area contributed by atoms with Crippen LogP contribution in [0.3, 0.4) is 0 Å². The summed E-state index contributed by atoms with van der Waals surface area (Å²) in [5, 5.41) is 0. The van der Waals surface area contributed by atoms with Gasteiger partial charge in [-0.3, -0.25) is 0 Å². The minimum Gasteiger partial charge on any atom is 0 e. The molecule has 0 aliphatic rings. The Morgan fingerprint density at radius 3 is 0.500 bits per heavy atom. The summed E-state index contributed by atoms with van der Waals surface area (Å²) in [6.07, 6.45) is 0. The Morgan fingerprint density at radius 2 is 0.500 bits per heavy atom. The van der Waals surface area contributed by atoms with Crippen LogP contribution in [0.15, 0.2) is 0 Å². The van der Waals surface area contributed by atoms with E-state index in [2.05, 4.69) is 0 Å². The second-order valence-electron chi connectivity index (χ2n) is 0. The van der Waals surface area contributed by atoms with Crippen molar-refractivity contribution >= 4 is 0 Å². The third-order valence-electron chi connectivity index (χ3n) is 0. The van der Waals surface area contributed by atoms with Gasteiger partial charge in [0.15, 0.2) is 0 Å². The standard InChI is InChI=1S/Cr.3Y. The van der Waals surface area contributed by atoms with Crippen LogP contribution in [0.1, 0.15) is 0 Å². The van der Waals surface area contributed by atoms with E-state index in [0.29, 0.717) is 0 Å². The van der Waals surface area contributed by atoms with Gasteiger partial charge in [-0.15, -0.1) is 0 Å². The summed E-state index contributed by atoms with van der Waals surface area (Å²) in [6.45, 7) is 0. The van der Waals surface area contributed by atoms with Crippen LogP contribution in [-0.2, 0) is 115 Å². The molecule has 0 aromatic rings. The van der Waals surface area contributed by atoms with Gasteiger partial charge in [-0.05, 0) is 0 Å². The molecule has 0 aromatic heterocycles. The minimum atomic E-state index is 0. The monoisotopic (exact) mass is 319 g/mol. The second-order valence-corrected chi connectivity index (χ2v) is 0.